The van der Waals surface area contributed by atoms with Crippen molar-refractivity contribution in [3.63, 3.8) is 0 Å². The molecule has 82 valence electrons. The Kier molecular flexibility index (Phi) is 2.53. The Morgan fingerprint density at radius 1 is 1.19 bits per heavy atom. The fourth-order valence-corrected chi connectivity index (χ4v) is 2.63. The summed E-state index contributed by atoms with van der Waals surface area (Å²) in [6, 6.07) is 6.65. The molecule has 1 aromatic carbocycles. The topological polar surface area (TPSA) is 12.0 Å². The molecule has 0 amide bonds. The summed E-state index contributed by atoms with van der Waals surface area (Å²) in [6.07, 6.45) is 11.5. The highest BCUT2D eigenvalue weighted by atomic mass is 14.9. The van der Waals surface area contributed by atoms with E-state index in [1.807, 2.05) is 0 Å². The maximum atomic E-state index is 3.44. The van der Waals surface area contributed by atoms with Gasteiger partial charge in [-0.2, -0.15) is 0 Å². The van der Waals surface area contributed by atoms with E-state index in [0.29, 0.717) is 0 Å². The highest BCUT2D eigenvalue weighted by molar-refractivity contribution is 5.59. The number of nitrogens with one attached hydrogen (secondary N) is 1. The van der Waals surface area contributed by atoms with Gasteiger partial charge in [0.2, 0.25) is 0 Å². The van der Waals surface area contributed by atoms with Gasteiger partial charge >= 0.3 is 0 Å². The van der Waals surface area contributed by atoms with Gasteiger partial charge in [-0.05, 0) is 42.9 Å². The van der Waals surface area contributed by atoms with Gasteiger partial charge in [0.05, 0.1) is 0 Å². The van der Waals surface area contributed by atoms with Gasteiger partial charge in [0.1, 0.15) is 0 Å². The first-order valence-electron chi connectivity index (χ1n) is 6.13. The molecule has 0 spiro atoms. The maximum Gasteiger partial charge on any atom is 0.0376 e. The lowest BCUT2D eigenvalue weighted by atomic mass is 9.94. The monoisotopic (exact) mass is 211 g/mol. The average molecular weight is 211 g/mol. The Labute approximate surface area is 96.9 Å². The number of benzene rings is 1. The molecule has 0 radical (unpaired) electrons. The van der Waals surface area contributed by atoms with Gasteiger partial charge in [-0.25, -0.2) is 0 Å². The van der Waals surface area contributed by atoms with Crippen molar-refractivity contribution in [3.8, 4) is 0 Å². The average Bonchev–Trinajstić information content (AvgIpc) is 2.80. The Hall–Kier alpha value is -1.50. The van der Waals surface area contributed by atoms with Crippen LogP contribution in [0.2, 0.25) is 0 Å². The smallest absolute Gasteiger partial charge is 0.0376 e. The van der Waals surface area contributed by atoms with Crippen LogP contribution in [-0.4, -0.2) is 6.54 Å². The lowest BCUT2D eigenvalue weighted by molar-refractivity contribution is 0.904. The molecule has 1 nitrogen and oxygen atoms in total. The van der Waals surface area contributed by atoms with E-state index in [9.17, 15) is 0 Å². The van der Waals surface area contributed by atoms with Gasteiger partial charge in [-0.1, -0.05) is 35.9 Å². The summed E-state index contributed by atoms with van der Waals surface area (Å²) >= 11 is 0. The third-order valence-corrected chi connectivity index (χ3v) is 3.48. The third-order valence-electron chi connectivity index (χ3n) is 3.48. The molecule has 1 N–H and O–H groups in total. The number of hydrogen-bond donors (Lipinski definition) is 1. The molecule has 1 aliphatic heterocycles. The van der Waals surface area contributed by atoms with Crippen LogP contribution in [0.15, 0.2) is 42.0 Å². The van der Waals surface area contributed by atoms with Crippen molar-refractivity contribution >= 4 is 5.69 Å². The molecule has 0 bridgehead atoms. The Morgan fingerprint density at radius 3 is 3.06 bits per heavy atom. The van der Waals surface area contributed by atoms with Crippen molar-refractivity contribution in [1.82, 2.24) is 0 Å². The number of allylic oxidation sites excluding steroid dienone is 4. The molecular formula is C15H17N. The molecule has 0 aromatic heterocycles. The van der Waals surface area contributed by atoms with Crippen molar-refractivity contribution in [1.29, 1.82) is 0 Å². The highest BCUT2D eigenvalue weighted by Crippen LogP contribution is 2.28. The first-order valence-corrected chi connectivity index (χ1v) is 6.13. The summed E-state index contributed by atoms with van der Waals surface area (Å²) in [5.41, 5.74) is 5.98. The van der Waals surface area contributed by atoms with E-state index in [1.165, 1.54) is 36.1 Å². The van der Waals surface area contributed by atoms with Crippen LogP contribution in [0.4, 0.5) is 5.69 Å². The van der Waals surface area contributed by atoms with E-state index >= 15 is 0 Å². The van der Waals surface area contributed by atoms with Crippen LogP contribution in [0.5, 0.6) is 0 Å². The number of anilines is 1. The lowest BCUT2D eigenvalue weighted by Gasteiger charge is -2.12. The summed E-state index contributed by atoms with van der Waals surface area (Å²) < 4.78 is 0. The quantitative estimate of drug-likeness (QED) is 0.789. The molecular weight excluding hydrogens is 194 g/mol. The predicted octanol–water partition coefficient (Wildman–Crippen LogP) is 3.47. The summed E-state index contributed by atoms with van der Waals surface area (Å²) in [6.45, 7) is 1.10. The molecule has 16 heavy (non-hydrogen) atoms. The molecule has 0 fully saturated rings. The fraction of sp³-hybridized carbons (Fsp3) is 0.333. The van der Waals surface area contributed by atoms with Gasteiger partial charge in [0.15, 0.2) is 0 Å². The van der Waals surface area contributed by atoms with Crippen LogP contribution < -0.4 is 5.32 Å². The summed E-state index contributed by atoms with van der Waals surface area (Å²) in [5.74, 6) is 0. The number of fused-ring (bicyclic) bond motifs is 1. The molecule has 0 atom stereocenters. The van der Waals surface area contributed by atoms with Crippen molar-refractivity contribution < 1.29 is 0 Å². The lowest BCUT2D eigenvalue weighted by Crippen LogP contribution is -1.97. The molecule has 2 aliphatic rings. The van der Waals surface area contributed by atoms with E-state index in [2.05, 4.69) is 41.7 Å². The zero-order valence-corrected chi connectivity index (χ0v) is 9.50. The van der Waals surface area contributed by atoms with Crippen LogP contribution in [0.25, 0.3) is 0 Å². The summed E-state index contributed by atoms with van der Waals surface area (Å²) in [7, 11) is 0. The fourth-order valence-electron chi connectivity index (χ4n) is 2.63. The molecule has 0 unspecified atom stereocenters. The van der Waals surface area contributed by atoms with Crippen LogP contribution in [0.1, 0.15) is 24.0 Å². The Bertz CT molecular complexity index is 455. The van der Waals surface area contributed by atoms with Gasteiger partial charge in [-0.15, -0.1) is 0 Å². The zero-order valence-electron chi connectivity index (χ0n) is 9.50. The largest absolute Gasteiger partial charge is 0.384 e. The second-order valence-electron chi connectivity index (χ2n) is 4.59. The maximum absolute atomic E-state index is 3.44. The van der Waals surface area contributed by atoms with Gasteiger partial charge in [0, 0.05) is 12.2 Å². The minimum Gasteiger partial charge on any atom is -0.384 e. The first-order chi connectivity index (χ1) is 7.93. The molecule has 1 aromatic rings. The molecule has 0 saturated carbocycles. The van der Waals surface area contributed by atoms with Crippen molar-refractivity contribution in [2.24, 2.45) is 0 Å². The standard InChI is InChI=1S/C15H17N/c1-2-5-12(6-3-1)11-13-7-4-8-15-14(13)9-10-16-15/h1-2,4-5,7-8,16H,3,6,9-11H2. The van der Waals surface area contributed by atoms with Crippen LogP contribution in [0.3, 0.4) is 0 Å². The molecule has 1 heterocycles. The van der Waals surface area contributed by atoms with Crippen LogP contribution >= 0.6 is 0 Å². The normalized spacial score (nSPS) is 17.9. The minimum atomic E-state index is 1.10. The van der Waals surface area contributed by atoms with Crippen LogP contribution in [0, 0.1) is 0 Å². The number of rotatable bonds is 2. The minimum absolute atomic E-state index is 1.10. The third kappa shape index (κ3) is 1.78. The van der Waals surface area contributed by atoms with E-state index in [4.69, 9.17) is 0 Å². The van der Waals surface area contributed by atoms with E-state index in [-0.39, 0.29) is 0 Å². The second kappa shape index (κ2) is 4.17. The zero-order chi connectivity index (χ0) is 10.8. The van der Waals surface area contributed by atoms with Crippen molar-refractivity contribution in [2.45, 2.75) is 25.7 Å². The molecule has 1 aliphatic carbocycles. The Morgan fingerprint density at radius 2 is 2.19 bits per heavy atom. The van der Waals surface area contributed by atoms with Crippen molar-refractivity contribution in [3.05, 3.63) is 53.1 Å². The highest BCUT2D eigenvalue weighted by Gasteiger charge is 2.14. The second-order valence-corrected chi connectivity index (χ2v) is 4.59. The van der Waals surface area contributed by atoms with Gasteiger partial charge < -0.3 is 5.32 Å². The molecule has 3 rings (SSSR count). The molecule has 0 saturated heterocycles. The Balaban J connectivity index is 1.87. The summed E-state index contributed by atoms with van der Waals surface area (Å²) in [4.78, 5) is 0. The van der Waals surface area contributed by atoms with Crippen molar-refractivity contribution in [2.75, 3.05) is 11.9 Å². The first kappa shape index (κ1) is 9.71. The SMILES string of the molecule is C1=CCCC(Cc2cccc3c2CCN3)=C1. The van der Waals surface area contributed by atoms with Gasteiger partial charge in [0.25, 0.3) is 0 Å². The van der Waals surface area contributed by atoms with E-state index in [1.54, 1.807) is 5.57 Å². The molecule has 1 heteroatoms. The summed E-state index contributed by atoms with van der Waals surface area (Å²) in [5, 5.41) is 3.44. The van der Waals surface area contributed by atoms with Gasteiger partial charge in [-0.3, -0.25) is 0 Å². The van der Waals surface area contributed by atoms with E-state index < -0.39 is 0 Å². The number of hydrogen-bond acceptors (Lipinski definition) is 1. The van der Waals surface area contributed by atoms with Crippen LogP contribution in [-0.2, 0) is 12.8 Å². The van der Waals surface area contributed by atoms with E-state index in [0.717, 1.165) is 13.0 Å². The predicted molar refractivity (Wildman–Crippen MR) is 68.8 cm³/mol.